The number of carbonyl (C=O) groups is 2. The van der Waals surface area contributed by atoms with Gasteiger partial charge in [0.2, 0.25) is 5.60 Å². The van der Waals surface area contributed by atoms with Crippen LogP contribution in [0.2, 0.25) is 0 Å². The number of likely N-dealkylation sites (tertiary alicyclic amines) is 1. The van der Waals surface area contributed by atoms with E-state index >= 15 is 0 Å². The number of rotatable bonds is 2. The van der Waals surface area contributed by atoms with Crippen LogP contribution in [0.25, 0.3) is 16.6 Å². The molecule has 8 nitrogen and oxygen atoms in total. The van der Waals surface area contributed by atoms with Crippen molar-refractivity contribution >= 4 is 22.7 Å². The van der Waals surface area contributed by atoms with Gasteiger partial charge in [0.15, 0.2) is 5.69 Å². The fourth-order valence-electron chi connectivity index (χ4n) is 3.37. The zero-order chi connectivity index (χ0) is 20.8. The van der Waals surface area contributed by atoms with Crippen molar-refractivity contribution < 1.29 is 19.8 Å². The van der Waals surface area contributed by atoms with Crippen molar-refractivity contribution in [1.82, 2.24) is 14.7 Å². The number of benzene rings is 2. The topological polar surface area (TPSA) is 122 Å². The van der Waals surface area contributed by atoms with Crippen LogP contribution in [-0.4, -0.2) is 62.0 Å². The lowest BCUT2D eigenvalue weighted by Crippen LogP contribution is -2.44. The first-order valence-electron chi connectivity index (χ1n) is 8.88. The van der Waals surface area contributed by atoms with E-state index in [1.807, 2.05) is 12.1 Å². The van der Waals surface area contributed by atoms with Gasteiger partial charge in [-0.1, -0.05) is 30.2 Å². The monoisotopic (exact) mass is 390 g/mol. The molecule has 3 aromatic rings. The Hall–Kier alpha value is -3.67. The highest BCUT2D eigenvalue weighted by Crippen LogP contribution is 2.24. The molecule has 1 aliphatic rings. The Morgan fingerprint density at radius 2 is 2.03 bits per heavy atom. The van der Waals surface area contributed by atoms with E-state index in [-0.39, 0.29) is 12.2 Å². The van der Waals surface area contributed by atoms with E-state index in [9.17, 15) is 19.8 Å². The molecule has 0 spiro atoms. The number of aliphatic hydroxyl groups excluding tert-OH is 1. The highest BCUT2D eigenvalue weighted by molar-refractivity contribution is 6.04. The van der Waals surface area contributed by atoms with Gasteiger partial charge in [-0.2, -0.15) is 5.10 Å². The second kappa shape index (κ2) is 6.74. The molecule has 4 rings (SSSR count). The Bertz CT molecular complexity index is 1210. The molecular weight excluding hydrogens is 372 g/mol. The Morgan fingerprint density at radius 1 is 1.28 bits per heavy atom. The first kappa shape index (κ1) is 18.7. The van der Waals surface area contributed by atoms with Gasteiger partial charge in [-0.05, 0) is 30.2 Å². The Morgan fingerprint density at radius 3 is 2.72 bits per heavy atom. The number of amides is 2. The summed E-state index contributed by atoms with van der Waals surface area (Å²) in [6.45, 7) is 0.0131. The van der Waals surface area contributed by atoms with Crippen LogP contribution in [-0.2, 0) is 4.79 Å². The number of β-amino-alcohol motifs (C(OH)–C–C–N with tert-alkyl or cyclic N) is 1. The standard InChI is InChI=1S/C21H18N4O4/c1-24-12-17(26)21(29,20(24)28)10-9-13-5-4-6-14(11-13)25-16-8-3-2-7-15(16)18(23-25)19(22)27/h2-8,11,17,26,29H,12H2,1H3,(H2,22,27)/t17-,21-/m1/s1. The average molecular weight is 390 g/mol. The maximum atomic E-state index is 12.1. The molecule has 1 saturated heterocycles. The van der Waals surface area contributed by atoms with Crippen molar-refractivity contribution in [2.75, 3.05) is 13.6 Å². The predicted octanol–water partition coefficient (Wildman–Crippen LogP) is 0.0399. The van der Waals surface area contributed by atoms with Crippen molar-refractivity contribution in [2.24, 2.45) is 5.73 Å². The van der Waals surface area contributed by atoms with Crippen molar-refractivity contribution in [3.8, 4) is 17.5 Å². The quantitative estimate of drug-likeness (QED) is 0.534. The summed E-state index contributed by atoms with van der Waals surface area (Å²) < 4.78 is 1.58. The lowest BCUT2D eigenvalue weighted by Gasteiger charge is -2.16. The van der Waals surface area contributed by atoms with Crippen LogP contribution in [0.1, 0.15) is 16.1 Å². The molecule has 2 heterocycles. The minimum Gasteiger partial charge on any atom is -0.387 e. The molecule has 0 unspecified atom stereocenters. The number of primary amides is 1. The SMILES string of the molecule is CN1C[C@@H](O)[C@](O)(C#Cc2cccc(-n3nc(C(N)=O)c4ccccc43)c2)C1=O. The van der Waals surface area contributed by atoms with Crippen molar-refractivity contribution in [2.45, 2.75) is 11.7 Å². The second-order valence-electron chi connectivity index (χ2n) is 6.91. The summed E-state index contributed by atoms with van der Waals surface area (Å²) in [5, 5.41) is 25.4. The third kappa shape index (κ3) is 3.02. The summed E-state index contributed by atoms with van der Waals surface area (Å²) in [6.07, 6.45) is -1.29. The molecule has 1 aromatic heterocycles. The second-order valence-corrected chi connectivity index (χ2v) is 6.91. The zero-order valence-electron chi connectivity index (χ0n) is 15.5. The maximum absolute atomic E-state index is 12.1. The van der Waals surface area contributed by atoms with E-state index in [1.54, 1.807) is 41.1 Å². The van der Waals surface area contributed by atoms with Crippen LogP contribution in [0, 0.1) is 11.8 Å². The van der Waals surface area contributed by atoms with Crippen LogP contribution in [0.5, 0.6) is 0 Å². The van der Waals surface area contributed by atoms with E-state index in [0.717, 1.165) is 0 Å². The van der Waals surface area contributed by atoms with Gasteiger partial charge < -0.3 is 20.8 Å². The average Bonchev–Trinajstić information content (AvgIpc) is 3.19. The summed E-state index contributed by atoms with van der Waals surface area (Å²) in [4.78, 5) is 25.1. The lowest BCUT2D eigenvalue weighted by molar-refractivity contribution is -0.140. The number of aromatic nitrogens is 2. The molecule has 0 radical (unpaired) electrons. The first-order chi connectivity index (χ1) is 13.8. The Balaban J connectivity index is 1.76. The summed E-state index contributed by atoms with van der Waals surface area (Å²) >= 11 is 0. The van der Waals surface area contributed by atoms with Crippen LogP contribution in [0.4, 0.5) is 0 Å². The number of aliphatic hydroxyl groups is 2. The molecule has 0 saturated carbocycles. The van der Waals surface area contributed by atoms with Gasteiger partial charge in [-0.15, -0.1) is 0 Å². The van der Waals surface area contributed by atoms with Crippen LogP contribution in [0.3, 0.4) is 0 Å². The summed E-state index contributed by atoms with van der Waals surface area (Å²) in [5.74, 6) is 3.99. The Labute approximate surface area is 166 Å². The van der Waals surface area contributed by atoms with Crippen LogP contribution in [0.15, 0.2) is 48.5 Å². The van der Waals surface area contributed by atoms with Crippen molar-refractivity contribution in [3.63, 3.8) is 0 Å². The van der Waals surface area contributed by atoms with Gasteiger partial charge in [0, 0.05) is 18.0 Å². The number of hydrogen-bond donors (Lipinski definition) is 3. The van der Waals surface area contributed by atoms with Gasteiger partial charge in [-0.25, -0.2) is 4.68 Å². The zero-order valence-corrected chi connectivity index (χ0v) is 15.5. The molecule has 2 amide bonds. The summed E-state index contributed by atoms with van der Waals surface area (Å²) in [7, 11) is 1.49. The number of nitrogens with zero attached hydrogens (tertiary/aromatic N) is 3. The minimum atomic E-state index is -2.14. The molecule has 146 valence electrons. The number of nitrogens with two attached hydrogens (primary N) is 1. The molecule has 0 aliphatic carbocycles. The highest BCUT2D eigenvalue weighted by Gasteiger charge is 2.50. The summed E-state index contributed by atoms with van der Waals surface area (Å²) in [6, 6.07) is 14.1. The van der Waals surface area contributed by atoms with Gasteiger partial charge in [0.05, 0.1) is 17.7 Å². The molecule has 1 fully saturated rings. The normalized spacial score (nSPS) is 21.3. The van der Waals surface area contributed by atoms with E-state index in [4.69, 9.17) is 5.73 Å². The number of carbonyl (C=O) groups excluding carboxylic acids is 2. The molecule has 0 bridgehead atoms. The molecular formula is C21H18N4O4. The number of para-hydroxylation sites is 1. The molecule has 4 N–H and O–H groups in total. The van der Waals surface area contributed by atoms with E-state index in [1.165, 1.54) is 11.9 Å². The predicted molar refractivity (Wildman–Crippen MR) is 105 cm³/mol. The smallest absolute Gasteiger partial charge is 0.269 e. The maximum Gasteiger partial charge on any atom is 0.269 e. The third-order valence-corrected chi connectivity index (χ3v) is 4.91. The van der Waals surface area contributed by atoms with E-state index in [2.05, 4.69) is 16.9 Å². The van der Waals surface area contributed by atoms with E-state index < -0.39 is 23.5 Å². The molecule has 2 aromatic carbocycles. The van der Waals surface area contributed by atoms with E-state index in [0.29, 0.717) is 22.2 Å². The van der Waals surface area contributed by atoms with Gasteiger partial charge in [0.1, 0.15) is 6.10 Å². The Kier molecular flexibility index (Phi) is 4.34. The van der Waals surface area contributed by atoms with Crippen molar-refractivity contribution in [3.05, 3.63) is 59.8 Å². The third-order valence-electron chi connectivity index (χ3n) is 4.91. The highest BCUT2D eigenvalue weighted by atomic mass is 16.4. The van der Waals surface area contributed by atoms with Gasteiger partial charge in [0.25, 0.3) is 11.8 Å². The summed E-state index contributed by atoms with van der Waals surface area (Å²) in [5.41, 5.74) is 5.31. The molecule has 29 heavy (non-hydrogen) atoms. The number of hydrogen-bond acceptors (Lipinski definition) is 5. The lowest BCUT2D eigenvalue weighted by atomic mass is 10.00. The van der Waals surface area contributed by atoms with Gasteiger partial charge in [-0.3, -0.25) is 9.59 Å². The van der Waals surface area contributed by atoms with Gasteiger partial charge >= 0.3 is 0 Å². The molecule has 1 aliphatic heterocycles. The number of fused-ring (bicyclic) bond motifs is 1. The van der Waals surface area contributed by atoms with Crippen LogP contribution < -0.4 is 5.73 Å². The molecule has 8 heteroatoms. The largest absolute Gasteiger partial charge is 0.387 e. The number of likely N-dealkylation sites (N-methyl/N-ethyl adjacent to an activating group) is 1. The van der Waals surface area contributed by atoms with Crippen LogP contribution >= 0.6 is 0 Å². The fraction of sp³-hybridized carbons (Fsp3) is 0.190. The van der Waals surface area contributed by atoms with Crippen molar-refractivity contribution in [1.29, 1.82) is 0 Å². The minimum absolute atomic E-state index is 0.0131. The fourth-order valence-corrected chi connectivity index (χ4v) is 3.37. The first-order valence-corrected chi connectivity index (χ1v) is 8.88. The molecule has 2 atom stereocenters.